The molecule has 1 aromatic carbocycles. The largest absolute Gasteiger partial charge is 0.353 e. The van der Waals surface area contributed by atoms with Gasteiger partial charge in [0.15, 0.2) is 0 Å². The smallest absolute Gasteiger partial charge is 0.317 e. The summed E-state index contributed by atoms with van der Waals surface area (Å²) in [4.78, 5) is 34.5. The molecule has 1 aliphatic heterocycles. The zero-order valence-corrected chi connectivity index (χ0v) is 17.0. The summed E-state index contributed by atoms with van der Waals surface area (Å²) >= 11 is 0. The van der Waals surface area contributed by atoms with E-state index >= 15 is 0 Å². The fraction of sp³-hybridized carbons (Fsp3) is 0.591. The van der Waals surface area contributed by atoms with Crippen molar-refractivity contribution in [1.82, 2.24) is 25.5 Å². The van der Waals surface area contributed by atoms with Gasteiger partial charge in [-0.2, -0.15) is 0 Å². The summed E-state index contributed by atoms with van der Waals surface area (Å²) in [5, 5.41) is 6.21. The molecule has 4 rings (SSSR count). The van der Waals surface area contributed by atoms with Crippen LogP contribution in [-0.2, 0) is 11.2 Å². The van der Waals surface area contributed by atoms with E-state index in [1.54, 1.807) is 0 Å². The highest BCUT2D eigenvalue weighted by Crippen LogP contribution is 2.24. The Labute approximate surface area is 171 Å². The number of piperidine rings is 1. The SMILES string of the molecule is O=C(NC1CCN(C(=O)NCCc2nc3ccccc3[nH]2)CC1)C1CCCCC1. The molecule has 156 valence electrons. The van der Waals surface area contributed by atoms with Crippen molar-refractivity contribution in [1.29, 1.82) is 0 Å². The third-order valence-electron chi connectivity index (χ3n) is 6.18. The third-order valence-corrected chi connectivity index (χ3v) is 6.18. The summed E-state index contributed by atoms with van der Waals surface area (Å²) in [6.45, 7) is 1.93. The lowest BCUT2D eigenvalue weighted by Gasteiger charge is -2.33. The van der Waals surface area contributed by atoms with Gasteiger partial charge in [0.2, 0.25) is 5.91 Å². The second kappa shape index (κ2) is 9.29. The predicted octanol–water partition coefficient (Wildman–Crippen LogP) is 2.98. The number of hydrogen-bond acceptors (Lipinski definition) is 3. The molecular weight excluding hydrogens is 366 g/mol. The molecule has 0 bridgehead atoms. The van der Waals surface area contributed by atoms with E-state index < -0.39 is 0 Å². The molecule has 1 aromatic heterocycles. The Hall–Kier alpha value is -2.57. The van der Waals surface area contributed by atoms with E-state index in [1.165, 1.54) is 19.3 Å². The molecule has 3 N–H and O–H groups in total. The van der Waals surface area contributed by atoms with Crippen molar-refractivity contribution in [2.24, 2.45) is 5.92 Å². The van der Waals surface area contributed by atoms with Gasteiger partial charge in [-0.15, -0.1) is 0 Å². The minimum atomic E-state index is -0.0295. The minimum Gasteiger partial charge on any atom is -0.353 e. The summed E-state index contributed by atoms with van der Waals surface area (Å²) in [6, 6.07) is 8.10. The Balaban J connectivity index is 1.16. The molecule has 2 aliphatic rings. The van der Waals surface area contributed by atoms with Gasteiger partial charge in [-0.3, -0.25) is 4.79 Å². The first-order valence-electron chi connectivity index (χ1n) is 11.0. The molecule has 0 spiro atoms. The number of aromatic nitrogens is 2. The maximum Gasteiger partial charge on any atom is 0.317 e. The Morgan fingerprint density at radius 1 is 1.07 bits per heavy atom. The van der Waals surface area contributed by atoms with Gasteiger partial charge >= 0.3 is 6.03 Å². The number of nitrogens with one attached hydrogen (secondary N) is 3. The number of carbonyl (C=O) groups excluding carboxylic acids is 2. The number of amides is 3. The van der Waals surface area contributed by atoms with E-state index in [0.29, 0.717) is 26.1 Å². The van der Waals surface area contributed by atoms with Crippen LogP contribution in [0.2, 0.25) is 0 Å². The molecule has 29 heavy (non-hydrogen) atoms. The summed E-state index contributed by atoms with van der Waals surface area (Å²) < 4.78 is 0. The quantitative estimate of drug-likeness (QED) is 0.724. The summed E-state index contributed by atoms with van der Waals surface area (Å²) in [5.41, 5.74) is 1.97. The summed E-state index contributed by atoms with van der Waals surface area (Å²) in [5.74, 6) is 1.30. The van der Waals surface area contributed by atoms with Gasteiger partial charge < -0.3 is 20.5 Å². The average molecular weight is 398 g/mol. The van der Waals surface area contributed by atoms with E-state index in [2.05, 4.69) is 20.6 Å². The van der Waals surface area contributed by atoms with Crippen molar-refractivity contribution in [2.45, 2.75) is 57.4 Å². The van der Waals surface area contributed by atoms with Gasteiger partial charge in [0.1, 0.15) is 5.82 Å². The Morgan fingerprint density at radius 2 is 1.83 bits per heavy atom. The Kier molecular flexibility index (Phi) is 6.32. The van der Waals surface area contributed by atoms with Crippen LogP contribution < -0.4 is 10.6 Å². The van der Waals surface area contributed by atoms with Crippen LogP contribution in [0, 0.1) is 5.92 Å². The first-order valence-corrected chi connectivity index (χ1v) is 11.0. The molecule has 1 aliphatic carbocycles. The lowest BCUT2D eigenvalue weighted by atomic mass is 9.88. The standard InChI is InChI=1S/C22H31N5O2/c28-21(16-6-2-1-3-7-16)24-17-11-14-27(15-12-17)22(29)23-13-10-20-25-18-8-4-5-9-19(18)26-20/h4-5,8-9,16-17H,1-3,6-7,10-15H2,(H,23,29)(H,24,28)(H,25,26). The fourth-order valence-corrected chi connectivity index (χ4v) is 4.43. The molecule has 3 amide bonds. The molecule has 2 heterocycles. The van der Waals surface area contributed by atoms with Crippen LogP contribution in [-0.4, -0.2) is 52.5 Å². The number of imidazole rings is 1. The number of hydrogen-bond donors (Lipinski definition) is 3. The molecular formula is C22H31N5O2. The second-order valence-electron chi connectivity index (χ2n) is 8.29. The van der Waals surface area contributed by atoms with Crippen LogP contribution >= 0.6 is 0 Å². The zero-order chi connectivity index (χ0) is 20.1. The van der Waals surface area contributed by atoms with Crippen LogP contribution in [0.25, 0.3) is 11.0 Å². The summed E-state index contributed by atoms with van der Waals surface area (Å²) in [6.07, 6.45) is 7.99. The first kappa shape index (κ1) is 19.7. The number of likely N-dealkylation sites (tertiary alicyclic amines) is 1. The van der Waals surface area contributed by atoms with Crippen molar-refractivity contribution >= 4 is 23.0 Å². The number of carbonyl (C=O) groups is 2. The molecule has 7 heteroatoms. The fourth-order valence-electron chi connectivity index (χ4n) is 4.43. The number of rotatable bonds is 5. The van der Waals surface area contributed by atoms with Gasteiger partial charge in [0.05, 0.1) is 11.0 Å². The predicted molar refractivity (Wildman–Crippen MR) is 113 cm³/mol. The number of fused-ring (bicyclic) bond motifs is 1. The van der Waals surface area contributed by atoms with E-state index in [1.807, 2.05) is 29.2 Å². The normalized spacial score (nSPS) is 18.7. The summed E-state index contributed by atoms with van der Waals surface area (Å²) in [7, 11) is 0. The highest BCUT2D eigenvalue weighted by atomic mass is 16.2. The topological polar surface area (TPSA) is 90.1 Å². The number of para-hydroxylation sites is 2. The Morgan fingerprint density at radius 3 is 2.59 bits per heavy atom. The molecule has 2 aromatic rings. The monoisotopic (exact) mass is 397 g/mol. The van der Waals surface area contributed by atoms with Gasteiger partial charge in [0.25, 0.3) is 0 Å². The Bertz CT molecular complexity index is 802. The number of urea groups is 1. The highest BCUT2D eigenvalue weighted by Gasteiger charge is 2.27. The molecule has 2 fully saturated rings. The first-order chi connectivity index (χ1) is 14.2. The van der Waals surface area contributed by atoms with Gasteiger partial charge in [-0.1, -0.05) is 31.4 Å². The minimum absolute atomic E-state index is 0.0295. The number of nitrogens with zero attached hydrogens (tertiary/aromatic N) is 2. The molecule has 1 saturated heterocycles. The van der Waals surface area contributed by atoms with Crippen molar-refractivity contribution in [3.63, 3.8) is 0 Å². The van der Waals surface area contributed by atoms with Crippen LogP contribution in [0.1, 0.15) is 50.8 Å². The highest BCUT2D eigenvalue weighted by molar-refractivity contribution is 5.79. The molecule has 7 nitrogen and oxygen atoms in total. The van der Waals surface area contributed by atoms with Gasteiger partial charge in [-0.05, 0) is 37.8 Å². The molecule has 0 unspecified atom stereocenters. The van der Waals surface area contributed by atoms with Crippen molar-refractivity contribution < 1.29 is 9.59 Å². The number of H-pyrrole nitrogens is 1. The third kappa shape index (κ3) is 5.08. The van der Waals surface area contributed by atoms with Crippen molar-refractivity contribution in [3.05, 3.63) is 30.1 Å². The lowest BCUT2D eigenvalue weighted by molar-refractivity contribution is -0.126. The van der Waals surface area contributed by atoms with Crippen LogP contribution in [0.15, 0.2) is 24.3 Å². The average Bonchev–Trinajstić information content (AvgIpc) is 3.17. The van der Waals surface area contributed by atoms with E-state index in [0.717, 1.165) is 42.5 Å². The maximum absolute atomic E-state index is 12.4. The van der Waals surface area contributed by atoms with Crippen LogP contribution in [0.3, 0.4) is 0 Å². The van der Waals surface area contributed by atoms with Gasteiger partial charge in [0, 0.05) is 38.0 Å². The number of benzene rings is 1. The molecule has 0 atom stereocenters. The zero-order valence-electron chi connectivity index (χ0n) is 17.0. The number of aromatic amines is 1. The molecule has 1 saturated carbocycles. The van der Waals surface area contributed by atoms with E-state index in [-0.39, 0.29) is 23.9 Å². The maximum atomic E-state index is 12.4. The van der Waals surface area contributed by atoms with E-state index in [9.17, 15) is 9.59 Å². The van der Waals surface area contributed by atoms with Crippen LogP contribution in [0.4, 0.5) is 4.79 Å². The van der Waals surface area contributed by atoms with Crippen molar-refractivity contribution in [3.8, 4) is 0 Å². The van der Waals surface area contributed by atoms with Crippen molar-refractivity contribution in [2.75, 3.05) is 19.6 Å². The van der Waals surface area contributed by atoms with E-state index in [4.69, 9.17) is 0 Å². The second-order valence-corrected chi connectivity index (χ2v) is 8.29. The van der Waals surface area contributed by atoms with Gasteiger partial charge in [-0.25, -0.2) is 9.78 Å². The van der Waals surface area contributed by atoms with Crippen LogP contribution in [0.5, 0.6) is 0 Å². The lowest BCUT2D eigenvalue weighted by Crippen LogP contribution is -2.50. The molecule has 0 radical (unpaired) electrons.